The average Bonchev–Trinajstić information content (AvgIpc) is 3.23. The van der Waals surface area contributed by atoms with E-state index in [1.165, 1.54) is 17.0 Å². The molecule has 7 heteroatoms. The Kier molecular flexibility index (Phi) is 5.11. The maximum atomic E-state index is 10.9. The normalized spacial score (nSPS) is 19.8. The number of nitro groups is 1. The second-order valence-corrected chi connectivity index (χ2v) is 7.76. The Labute approximate surface area is 165 Å². The van der Waals surface area contributed by atoms with Crippen LogP contribution in [0.25, 0.3) is 0 Å². The number of benzene rings is 2. The van der Waals surface area contributed by atoms with Gasteiger partial charge in [0.15, 0.2) is 0 Å². The van der Waals surface area contributed by atoms with Gasteiger partial charge in [-0.3, -0.25) is 10.1 Å². The third-order valence-electron chi connectivity index (χ3n) is 4.73. The average molecular weight is 401 g/mol. The number of hydrogen-bond donors (Lipinski definition) is 0. The topological polar surface area (TPSA) is 55.6 Å². The van der Waals surface area contributed by atoms with Gasteiger partial charge in [0.05, 0.1) is 17.1 Å². The van der Waals surface area contributed by atoms with E-state index < -0.39 is 0 Å². The van der Waals surface area contributed by atoms with Crippen molar-refractivity contribution in [1.29, 1.82) is 0 Å². The lowest BCUT2D eigenvalue weighted by Gasteiger charge is -2.40. The summed E-state index contributed by atoms with van der Waals surface area (Å²) in [5, 5.41) is 13.7. The second-order valence-electron chi connectivity index (χ2n) is 6.35. The molecule has 0 spiro atoms. The van der Waals surface area contributed by atoms with Crippen molar-refractivity contribution < 1.29 is 9.66 Å². The Bertz CT molecular complexity index is 913. The van der Waals surface area contributed by atoms with Gasteiger partial charge in [0, 0.05) is 34.1 Å². The fourth-order valence-electron chi connectivity index (χ4n) is 3.34. The third-order valence-corrected chi connectivity index (χ3v) is 5.96. The highest BCUT2D eigenvalue weighted by atomic mass is 35.5. The zero-order valence-electron chi connectivity index (χ0n) is 14.3. The number of anilines is 1. The molecule has 0 unspecified atom stereocenters. The molecule has 0 N–H and O–H groups in total. The van der Waals surface area contributed by atoms with E-state index in [-0.39, 0.29) is 22.8 Å². The molecular weight excluding hydrogens is 384 g/mol. The molecule has 1 aliphatic rings. The summed E-state index contributed by atoms with van der Waals surface area (Å²) < 4.78 is 6.12. The summed E-state index contributed by atoms with van der Waals surface area (Å²) in [5.41, 5.74) is 2.10. The van der Waals surface area contributed by atoms with Crippen LogP contribution in [0, 0.1) is 10.1 Å². The minimum Gasteiger partial charge on any atom is -0.353 e. The fraction of sp³-hybridized carbons (Fsp3) is 0.200. The number of non-ortho nitro benzene ring substituents is 1. The molecule has 1 aliphatic heterocycles. The first-order valence-electron chi connectivity index (χ1n) is 8.53. The molecule has 0 radical (unpaired) electrons. The Hall–Kier alpha value is -2.41. The van der Waals surface area contributed by atoms with Crippen LogP contribution < -0.4 is 4.90 Å². The van der Waals surface area contributed by atoms with Crippen molar-refractivity contribution in [2.45, 2.75) is 18.6 Å². The highest BCUT2D eigenvalue weighted by molar-refractivity contribution is 7.10. The van der Waals surface area contributed by atoms with Gasteiger partial charge in [-0.15, -0.1) is 11.3 Å². The molecule has 0 aliphatic carbocycles. The van der Waals surface area contributed by atoms with Crippen LogP contribution >= 0.6 is 22.9 Å². The van der Waals surface area contributed by atoms with Crippen molar-refractivity contribution in [3.8, 4) is 0 Å². The van der Waals surface area contributed by atoms with Crippen molar-refractivity contribution in [2.24, 2.45) is 0 Å². The van der Waals surface area contributed by atoms with E-state index in [1.807, 2.05) is 24.3 Å². The second kappa shape index (κ2) is 7.68. The molecule has 0 amide bonds. The number of halogens is 1. The van der Waals surface area contributed by atoms with Gasteiger partial charge in [-0.25, -0.2) is 0 Å². The Morgan fingerprint density at radius 2 is 1.85 bits per heavy atom. The molecule has 0 saturated carbocycles. The molecular formula is C20H17ClN2O3S. The van der Waals surface area contributed by atoms with Gasteiger partial charge >= 0.3 is 0 Å². The van der Waals surface area contributed by atoms with Crippen molar-refractivity contribution in [2.75, 3.05) is 11.6 Å². The molecule has 5 nitrogen and oxygen atoms in total. The Morgan fingerprint density at radius 1 is 1.11 bits per heavy atom. The number of nitro benzene ring substituents is 1. The van der Waals surface area contributed by atoms with Crippen LogP contribution in [0.15, 0.2) is 66.0 Å². The van der Waals surface area contributed by atoms with E-state index in [0.717, 1.165) is 17.7 Å². The quantitative estimate of drug-likeness (QED) is 0.399. The highest BCUT2D eigenvalue weighted by Crippen LogP contribution is 2.42. The number of hydrogen-bond acceptors (Lipinski definition) is 5. The molecule has 27 heavy (non-hydrogen) atoms. The van der Waals surface area contributed by atoms with E-state index in [2.05, 4.69) is 22.4 Å². The van der Waals surface area contributed by atoms with E-state index in [4.69, 9.17) is 16.3 Å². The van der Waals surface area contributed by atoms with Crippen LogP contribution in [0.4, 0.5) is 11.4 Å². The fourth-order valence-corrected chi connectivity index (χ4v) is 4.32. The molecule has 1 aromatic heterocycles. The minimum atomic E-state index is -0.387. The first kappa shape index (κ1) is 18.0. The largest absolute Gasteiger partial charge is 0.353 e. The first-order valence-corrected chi connectivity index (χ1v) is 9.79. The summed E-state index contributed by atoms with van der Waals surface area (Å²) in [6.07, 6.45) is 0.655. The molecule has 2 aromatic carbocycles. The van der Waals surface area contributed by atoms with Gasteiger partial charge in [-0.05, 0) is 53.4 Å². The number of ether oxygens (including phenoxy) is 1. The first-order chi connectivity index (χ1) is 13.1. The summed E-state index contributed by atoms with van der Waals surface area (Å²) in [5.74, 6) is 0. The standard InChI is InChI=1S/C20H17ClN2O3S/c21-15-5-9-16(10-6-15)22-13-26-19(12-18(22)20-2-1-11-27-20)14-3-7-17(8-4-14)23(24)25/h1-11,18-19H,12-13H2/t18-,19-/m1/s1. The third kappa shape index (κ3) is 3.83. The molecule has 2 atom stereocenters. The summed E-state index contributed by atoms with van der Waals surface area (Å²) in [6, 6.07) is 18.7. The summed E-state index contributed by atoms with van der Waals surface area (Å²) in [4.78, 5) is 14.0. The Balaban J connectivity index is 1.61. The van der Waals surface area contributed by atoms with E-state index >= 15 is 0 Å². The van der Waals surface area contributed by atoms with Crippen LogP contribution in [0.2, 0.25) is 5.02 Å². The lowest BCUT2D eigenvalue weighted by atomic mass is 9.97. The van der Waals surface area contributed by atoms with Crippen LogP contribution in [0.1, 0.15) is 29.0 Å². The zero-order chi connectivity index (χ0) is 18.8. The molecule has 4 rings (SSSR count). The zero-order valence-corrected chi connectivity index (χ0v) is 15.9. The molecule has 2 heterocycles. The van der Waals surface area contributed by atoms with Crippen molar-refractivity contribution in [1.82, 2.24) is 0 Å². The maximum Gasteiger partial charge on any atom is 0.269 e. The van der Waals surface area contributed by atoms with Gasteiger partial charge in [0.1, 0.15) is 6.73 Å². The van der Waals surface area contributed by atoms with Gasteiger partial charge in [0.25, 0.3) is 5.69 Å². The predicted molar refractivity (Wildman–Crippen MR) is 107 cm³/mol. The smallest absolute Gasteiger partial charge is 0.269 e. The minimum absolute atomic E-state index is 0.0900. The van der Waals surface area contributed by atoms with Gasteiger partial charge < -0.3 is 9.64 Å². The van der Waals surface area contributed by atoms with E-state index in [9.17, 15) is 10.1 Å². The van der Waals surface area contributed by atoms with Crippen LogP contribution in [0.3, 0.4) is 0 Å². The van der Waals surface area contributed by atoms with Crippen LogP contribution in [-0.4, -0.2) is 11.7 Å². The maximum absolute atomic E-state index is 10.9. The lowest BCUT2D eigenvalue weighted by Crippen LogP contribution is -2.37. The molecule has 0 bridgehead atoms. The lowest BCUT2D eigenvalue weighted by molar-refractivity contribution is -0.384. The van der Waals surface area contributed by atoms with Crippen molar-refractivity contribution in [3.05, 3.63) is 91.6 Å². The van der Waals surface area contributed by atoms with Gasteiger partial charge in [-0.1, -0.05) is 17.7 Å². The van der Waals surface area contributed by atoms with Gasteiger partial charge in [0.2, 0.25) is 0 Å². The van der Waals surface area contributed by atoms with Crippen molar-refractivity contribution >= 4 is 34.3 Å². The van der Waals surface area contributed by atoms with E-state index in [1.54, 1.807) is 23.5 Å². The summed E-state index contributed by atoms with van der Waals surface area (Å²) in [7, 11) is 0. The Morgan fingerprint density at radius 3 is 2.48 bits per heavy atom. The highest BCUT2D eigenvalue weighted by Gasteiger charge is 2.32. The molecule has 1 saturated heterocycles. The van der Waals surface area contributed by atoms with Gasteiger partial charge in [-0.2, -0.15) is 0 Å². The summed E-state index contributed by atoms with van der Waals surface area (Å²) >= 11 is 7.75. The van der Waals surface area contributed by atoms with Crippen molar-refractivity contribution in [3.63, 3.8) is 0 Å². The SMILES string of the molecule is O=[N+]([O-])c1ccc([C@H]2C[C@H](c3cccs3)N(c3ccc(Cl)cc3)CO2)cc1. The molecule has 3 aromatic rings. The number of rotatable bonds is 4. The van der Waals surface area contributed by atoms with Crippen LogP contribution in [0.5, 0.6) is 0 Å². The predicted octanol–water partition coefficient (Wildman–Crippen LogP) is 5.98. The number of thiophene rings is 1. The summed E-state index contributed by atoms with van der Waals surface area (Å²) in [6.45, 7) is 0.436. The molecule has 1 fully saturated rings. The molecule has 138 valence electrons. The van der Waals surface area contributed by atoms with E-state index in [0.29, 0.717) is 11.8 Å². The van der Waals surface area contributed by atoms with Crippen LogP contribution in [-0.2, 0) is 4.74 Å². The monoisotopic (exact) mass is 400 g/mol. The number of nitrogens with zero attached hydrogens (tertiary/aromatic N) is 2.